The Kier molecular flexibility index (Phi) is 5.80. The average molecular weight is 498 g/mol. The van der Waals surface area contributed by atoms with Gasteiger partial charge in [-0.25, -0.2) is 14.6 Å². The summed E-state index contributed by atoms with van der Waals surface area (Å²) in [6.45, 7) is -0.594. The van der Waals surface area contributed by atoms with Crippen LogP contribution in [-0.4, -0.2) is 29.2 Å². The van der Waals surface area contributed by atoms with Gasteiger partial charge in [0.1, 0.15) is 28.7 Å². The van der Waals surface area contributed by atoms with Gasteiger partial charge in [-0.05, 0) is 67.3 Å². The van der Waals surface area contributed by atoms with E-state index in [0.29, 0.717) is 22.5 Å². The SMILES string of the molecule is O=C(OCC(=O)N1N=C2/C(=C\c3ccco3)CCCC2C1c1ccco1)c1cc2ccccc2oc1=O. The van der Waals surface area contributed by atoms with Crippen molar-refractivity contribution in [3.05, 3.63) is 100 Å². The molecule has 0 spiro atoms. The van der Waals surface area contributed by atoms with Gasteiger partial charge in [-0.15, -0.1) is 0 Å². The lowest BCUT2D eigenvalue weighted by Gasteiger charge is -2.27. The van der Waals surface area contributed by atoms with Crippen molar-refractivity contribution < 1.29 is 27.6 Å². The van der Waals surface area contributed by atoms with Crippen LogP contribution >= 0.6 is 0 Å². The minimum absolute atomic E-state index is 0.0757. The molecular formula is C28H22N2O7. The topological polar surface area (TPSA) is 115 Å². The lowest BCUT2D eigenvalue weighted by molar-refractivity contribution is -0.137. The first-order chi connectivity index (χ1) is 18.1. The molecule has 3 aromatic heterocycles. The van der Waals surface area contributed by atoms with E-state index in [-0.39, 0.29) is 11.5 Å². The molecule has 0 bridgehead atoms. The highest BCUT2D eigenvalue weighted by Crippen LogP contribution is 2.44. The third-order valence-corrected chi connectivity index (χ3v) is 6.64. The maximum Gasteiger partial charge on any atom is 0.351 e. The molecule has 9 heteroatoms. The summed E-state index contributed by atoms with van der Waals surface area (Å²) in [7, 11) is 0. The number of furan rings is 2. The highest BCUT2D eigenvalue weighted by atomic mass is 16.5. The van der Waals surface area contributed by atoms with E-state index in [4.69, 9.17) is 18.0 Å². The number of hydrogen-bond donors (Lipinski definition) is 0. The number of allylic oxidation sites excluding steroid dienone is 1. The fourth-order valence-electron chi connectivity index (χ4n) is 4.97. The number of carbonyl (C=O) groups excluding carboxylic acids is 2. The number of carbonyl (C=O) groups is 2. The number of esters is 1. The first kappa shape index (κ1) is 22.8. The lowest BCUT2D eigenvalue weighted by Crippen LogP contribution is -2.34. The molecule has 2 aliphatic rings. The van der Waals surface area contributed by atoms with Crippen molar-refractivity contribution in [3.63, 3.8) is 0 Å². The molecule has 4 heterocycles. The Hall–Kier alpha value is -4.66. The molecule has 1 saturated carbocycles. The molecule has 0 N–H and O–H groups in total. The summed E-state index contributed by atoms with van der Waals surface area (Å²) in [5.74, 6) is -0.240. The molecule has 2 unspecified atom stereocenters. The molecule has 6 rings (SSSR count). The second-order valence-corrected chi connectivity index (χ2v) is 8.93. The minimum atomic E-state index is -0.940. The molecule has 0 radical (unpaired) electrons. The second kappa shape index (κ2) is 9.42. The van der Waals surface area contributed by atoms with Crippen molar-refractivity contribution in [1.82, 2.24) is 5.01 Å². The zero-order chi connectivity index (χ0) is 25.4. The number of ether oxygens (including phenoxy) is 1. The van der Waals surface area contributed by atoms with Crippen LogP contribution < -0.4 is 5.63 Å². The van der Waals surface area contributed by atoms with E-state index in [1.54, 1.807) is 48.9 Å². The van der Waals surface area contributed by atoms with Gasteiger partial charge in [0.2, 0.25) is 0 Å². The molecule has 9 nitrogen and oxygen atoms in total. The Balaban J connectivity index is 1.26. The molecule has 2 atom stereocenters. The van der Waals surface area contributed by atoms with E-state index in [1.807, 2.05) is 18.2 Å². The lowest BCUT2D eigenvalue weighted by atomic mass is 9.79. The zero-order valence-electron chi connectivity index (χ0n) is 19.7. The van der Waals surface area contributed by atoms with Crippen molar-refractivity contribution in [2.75, 3.05) is 6.61 Å². The maximum absolute atomic E-state index is 13.3. The summed E-state index contributed by atoms with van der Waals surface area (Å²) in [5, 5.41) is 6.58. The maximum atomic E-state index is 13.3. The Morgan fingerprint density at radius 2 is 1.92 bits per heavy atom. The largest absolute Gasteiger partial charge is 0.467 e. The highest BCUT2D eigenvalue weighted by molar-refractivity contribution is 6.08. The smallest absolute Gasteiger partial charge is 0.351 e. The van der Waals surface area contributed by atoms with Gasteiger partial charge in [-0.3, -0.25) is 4.79 Å². The van der Waals surface area contributed by atoms with Gasteiger partial charge in [0, 0.05) is 11.3 Å². The van der Waals surface area contributed by atoms with E-state index in [0.717, 1.165) is 30.5 Å². The molecular weight excluding hydrogens is 476 g/mol. The summed E-state index contributed by atoms with van der Waals surface area (Å²) in [4.78, 5) is 38.3. The molecule has 1 aliphatic carbocycles. The predicted molar refractivity (Wildman–Crippen MR) is 133 cm³/mol. The summed E-state index contributed by atoms with van der Waals surface area (Å²) in [5.41, 5.74) is 1.03. The van der Waals surface area contributed by atoms with Crippen LogP contribution in [0.2, 0.25) is 0 Å². The molecule has 1 amide bonds. The number of fused-ring (bicyclic) bond motifs is 2. The number of hydrazone groups is 1. The number of para-hydroxylation sites is 1. The van der Waals surface area contributed by atoms with Crippen LogP contribution in [0.3, 0.4) is 0 Å². The minimum Gasteiger partial charge on any atom is -0.467 e. The third-order valence-electron chi connectivity index (χ3n) is 6.64. The van der Waals surface area contributed by atoms with Crippen LogP contribution in [0.25, 0.3) is 17.0 Å². The Bertz CT molecular complexity index is 1580. The van der Waals surface area contributed by atoms with E-state index < -0.39 is 30.2 Å². The van der Waals surface area contributed by atoms with Crippen LogP contribution in [0.5, 0.6) is 0 Å². The fraction of sp³-hybridized carbons (Fsp3) is 0.214. The molecule has 1 aliphatic heterocycles. The van der Waals surface area contributed by atoms with Gasteiger partial charge >= 0.3 is 11.6 Å². The van der Waals surface area contributed by atoms with Gasteiger partial charge in [-0.1, -0.05) is 18.2 Å². The molecule has 37 heavy (non-hydrogen) atoms. The second-order valence-electron chi connectivity index (χ2n) is 8.93. The van der Waals surface area contributed by atoms with Gasteiger partial charge in [-0.2, -0.15) is 5.10 Å². The van der Waals surface area contributed by atoms with Crippen molar-refractivity contribution in [2.24, 2.45) is 11.0 Å². The van der Waals surface area contributed by atoms with E-state index in [9.17, 15) is 14.4 Å². The number of rotatable bonds is 5. The Morgan fingerprint density at radius 3 is 2.73 bits per heavy atom. The van der Waals surface area contributed by atoms with Crippen LogP contribution in [0.1, 0.15) is 47.2 Å². The van der Waals surface area contributed by atoms with Gasteiger partial charge in [0.15, 0.2) is 6.61 Å². The molecule has 1 aromatic carbocycles. The average Bonchev–Trinajstić information content (AvgIpc) is 3.68. The molecule has 0 saturated heterocycles. The van der Waals surface area contributed by atoms with Crippen LogP contribution in [0.15, 0.2) is 95.8 Å². The number of nitrogens with zero attached hydrogens (tertiary/aromatic N) is 2. The number of hydrogen-bond acceptors (Lipinski definition) is 8. The van der Waals surface area contributed by atoms with E-state index in [2.05, 4.69) is 5.10 Å². The van der Waals surface area contributed by atoms with E-state index in [1.165, 1.54) is 11.1 Å². The first-order valence-corrected chi connectivity index (χ1v) is 12.0. The zero-order valence-corrected chi connectivity index (χ0v) is 19.7. The molecule has 4 aromatic rings. The predicted octanol–water partition coefficient (Wildman–Crippen LogP) is 4.96. The van der Waals surface area contributed by atoms with Crippen LogP contribution in [0.4, 0.5) is 0 Å². The molecule has 186 valence electrons. The summed E-state index contributed by atoms with van der Waals surface area (Å²) >= 11 is 0. The summed E-state index contributed by atoms with van der Waals surface area (Å²) < 4.78 is 21.6. The van der Waals surface area contributed by atoms with E-state index >= 15 is 0 Å². The van der Waals surface area contributed by atoms with Crippen molar-refractivity contribution in [1.29, 1.82) is 0 Å². The van der Waals surface area contributed by atoms with Crippen molar-refractivity contribution in [2.45, 2.75) is 25.3 Å². The Labute approximate surface area is 210 Å². The van der Waals surface area contributed by atoms with Crippen molar-refractivity contribution >= 4 is 34.6 Å². The number of amides is 1. The highest BCUT2D eigenvalue weighted by Gasteiger charge is 2.45. The fourth-order valence-corrected chi connectivity index (χ4v) is 4.97. The van der Waals surface area contributed by atoms with Crippen LogP contribution in [0, 0.1) is 5.92 Å². The van der Waals surface area contributed by atoms with Gasteiger partial charge in [0.05, 0.1) is 18.2 Å². The van der Waals surface area contributed by atoms with Crippen LogP contribution in [-0.2, 0) is 9.53 Å². The Morgan fingerprint density at radius 1 is 1.08 bits per heavy atom. The first-order valence-electron chi connectivity index (χ1n) is 12.0. The van der Waals surface area contributed by atoms with Crippen molar-refractivity contribution in [3.8, 4) is 0 Å². The normalized spacial score (nSPS) is 20.2. The van der Waals surface area contributed by atoms with Gasteiger partial charge in [0.25, 0.3) is 5.91 Å². The summed E-state index contributed by atoms with van der Waals surface area (Å²) in [6, 6.07) is 15.0. The quantitative estimate of drug-likeness (QED) is 0.282. The number of benzene rings is 1. The standard InChI is InChI=1S/C28H22N2O7/c31-24(16-36-27(32)21-15-17-6-1-2-10-22(17)37-28(21)33)30-26(23-11-5-13-35-23)20-9-3-7-18(25(20)29-30)14-19-8-4-12-34-19/h1-2,4-6,8,10-15,20,26H,3,7,9,16H2/b18-14-. The molecule has 1 fully saturated rings. The summed E-state index contributed by atoms with van der Waals surface area (Å²) in [6.07, 6.45) is 7.64. The van der Waals surface area contributed by atoms with Gasteiger partial charge < -0.3 is 18.0 Å². The third kappa shape index (κ3) is 4.29. The monoisotopic (exact) mass is 498 g/mol.